The summed E-state index contributed by atoms with van der Waals surface area (Å²) in [6, 6.07) is 8.04. The molecule has 3 rings (SSSR count). The molecule has 2 aliphatic heterocycles. The highest BCUT2D eigenvalue weighted by Crippen LogP contribution is 2.32. The van der Waals surface area contributed by atoms with Crippen LogP contribution in [0.15, 0.2) is 29.2 Å². The minimum Gasteiger partial charge on any atom is -0.343 e. The summed E-state index contributed by atoms with van der Waals surface area (Å²) < 4.78 is 0.581. The minimum absolute atomic E-state index is 0.0517. The van der Waals surface area contributed by atoms with E-state index in [1.165, 1.54) is 17.3 Å². The number of carbonyl (C=O) groups is 2. The molecule has 0 saturated carbocycles. The van der Waals surface area contributed by atoms with E-state index in [-0.39, 0.29) is 11.8 Å². The first-order chi connectivity index (χ1) is 12.0. The van der Waals surface area contributed by atoms with E-state index in [9.17, 15) is 9.59 Å². The van der Waals surface area contributed by atoms with Gasteiger partial charge in [-0.3, -0.25) is 14.5 Å². The van der Waals surface area contributed by atoms with Crippen molar-refractivity contribution in [3.8, 4) is 0 Å². The Kier molecular flexibility index (Phi) is 5.91. The highest BCUT2D eigenvalue weighted by molar-refractivity contribution is 8.26. The van der Waals surface area contributed by atoms with E-state index >= 15 is 0 Å². The van der Waals surface area contributed by atoms with Gasteiger partial charge in [-0.1, -0.05) is 53.8 Å². The van der Waals surface area contributed by atoms with Gasteiger partial charge in [0, 0.05) is 26.1 Å². The number of hydrogen-bond donors (Lipinski definition) is 0. The van der Waals surface area contributed by atoms with Crippen LogP contribution >= 0.6 is 24.0 Å². The molecule has 0 atom stereocenters. The Labute approximate surface area is 158 Å². The fourth-order valence-corrected chi connectivity index (χ4v) is 4.33. The molecule has 0 N–H and O–H groups in total. The van der Waals surface area contributed by atoms with Gasteiger partial charge in [0.15, 0.2) is 0 Å². The second-order valence-electron chi connectivity index (χ2n) is 6.44. The molecule has 0 unspecified atom stereocenters. The Balaban J connectivity index is 1.55. The van der Waals surface area contributed by atoms with Gasteiger partial charge in [0.25, 0.3) is 5.91 Å². The summed E-state index contributed by atoms with van der Waals surface area (Å²) in [4.78, 5) is 28.9. The molecule has 1 aromatic rings. The van der Waals surface area contributed by atoms with E-state index in [0.29, 0.717) is 28.6 Å². The molecule has 0 radical (unpaired) electrons. The Morgan fingerprint density at radius 2 is 1.92 bits per heavy atom. The quantitative estimate of drug-likeness (QED) is 0.583. The average molecular weight is 375 g/mol. The van der Waals surface area contributed by atoms with Crippen molar-refractivity contribution < 1.29 is 9.59 Å². The van der Waals surface area contributed by atoms with Gasteiger partial charge in [0.2, 0.25) is 5.91 Å². The lowest BCUT2D eigenvalue weighted by molar-refractivity contribution is -0.130. The molecule has 0 bridgehead atoms. The van der Waals surface area contributed by atoms with Crippen LogP contribution in [-0.4, -0.2) is 45.6 Å². The highest BCUT2D eigenvalue weighted by atomic mass is 32.2. The zero-order chi connectivity index (χ0) is 17.8. The zero-order valence-electron chi connectivity index (χ0n) is 14.4. The molecule has 6 heteroatoms. The molecule has 2 saturated heterocycles. The second kappa shape index (κ2) is 8.15. The van der Waals surface area contributed by atoms with Crippen LogP contribution in [0.3, 0.4) is 0 Å². The minimum atomic E-state index is -0.0517. The van der Waals surface area contributed by atoms with E-state index in [1.807, 2.05) is 42.2 Å². The number of thioether (sulfide) groups is 1. The topological polar surface area (TPSA) is 40.6 Å². The Hall–Kier alpha value is -1.66. The highest BCUT2D eigenvalue weighted by Gasteiger charge is 2.31. The fourth-order valence-electron chi connectivity index (χ4n) is 3.02. The third-order valence-corrected chi connectivity index (χ3v) is 5.86. The second-order valence-corrected chi connectivity index (χ2v) is 8.11. The van der Waals surface area contributed by atoms with Gasteiger partial charge in [-0.25, -0.2) is 0 Å². The average Bonchev–Trinajstić information content (AvgIpc) is 3.21. The lowest BCUT2D eigenvalue weighted by Gasteiger charge is -2.17. The maximum atomic E-state index is 12.6. The number of aryl methyl sites for hydroxylation is 1. The normalized spacial score (nSPS) is 19.3. The molecule has 2 heterocycles. The number of hydrogen-bond acceptors (Lipinski definition) is 4. The van der Waals surface area contributed by atoms with Crippen molar-refractivity contribution in [2.24, 2.45) is 0 Å². The van der Waals surface area contributed by atoms with Crippen molar-refractivity contribution in [3.63, 3.8) is 0 Å². The van der Waals surface area contributed by atoms with Gasteiger partial charge >= 0.3 is 0 Å². The monoisotopic (exact) mass is 374 g/mol. The van der Waals surface area contributed by atoms with Crippen molar-refractivity contribution >= 4 is 46.2 Å². The zero-order valence-corrected chi connectivity index (χ0v) is 16.0. The Morgan fingerprint density at radius 1 is 1.24 bits per heavy atom. The molecule has 4 nitrogen and oxygen atoms in total. The Bertz CT molecular complexity index is 707. The van der Waals surface area contributed by atoms with E-state index in [2.05, 4.69) is 0 Å². The summed E-state index contributed by atoms with van der Waals surface area (Å²) in [5.74, 6) is 0.141. The third kappa shape index (κ3) is 4.50. The number of rotatable bonds is 5. The van der Waals surface area contributed by atoms with E-state index in [0.717, 1.165) is 31.5 Å². The van der Waals surface area contributed by atoms with Gasteiger partial charge in [-0.05, 0) is 37.8 Å². The summed E-state index contributed by atoms with van der Waals surface area (Å²) in [5, 5.41) is 0. The molecule has 0 aromatic heterocycles. The molecule has 1 aromatic carbocycles. The largest absolute Gasteiger partial charge is 0.343 e. The predicted octanol–water partition coefficient (Wildman–Crippen LogP) is 3.60. The number of carbonyl (C=O) groups excluding carboxylic acids is 2. The van der Waals surface area contributed by atoms with E-state index < -0.39 is 0 Å². The first-order valence-corrected chi connectivity index (χ1v) is 9.87. The lowest BCUT2D eigenvalue weighted by atomic mass is 10.1. The maximum Gasteiger partial charge on any atom is 0.266 e. The first kappa shape index (κ1) is 18.1. The van der Waals surface area contributed by atoms with E-state index in [1.54, 1.807) is 4.90 Å². The molecule has 0 aliphatic carbocycles. The summed E-state index contributed by atoms with van der Waals surface area (Å²) in [6.45, 7) is 4.29. The van der Waals surface area contributed by atoms with Crippen LogP contribution in [0.4, 0.5) is 0 Å². The molecule has 0 spiro atoms. The van der Waals surface area contributed by atoms with E-state index in [4.69, 9.17) is 12.2 Å². The van der Waals surface area contributed by atoms with Crippen LogP contribution < -0.4 is 0 Å². The molecule has 132 valence electrons. The number of nitrogens with zero attached hydrogens (tertiary/aromatic N) is 2. The van der Waals surface area contributed by atoms with Crippen LogP contribution in [0.5, 0.6) is 0 Å². The van der Waals surface area contributed by atoms with Crippen molar-refractivity contribution in [3.05, 3.63) is 40.3 Å². The van der Waals surface area contributed by atoms with Gasteiger partial charge in [-0.15, -0.1) is 0 Å². The molecule has 25 heavy (non-hydrogen) atoms. The maximum absolute atomic E-state index is 12.6. The van der Waals surface area contributed by atoms with Crippen LogP contribution in [-0.2, 0) is 9.59 Å². The number of amides is 2. The van der Waals surface area contributed by atoms with Crippen molar-refractivity contribution in [1.82, 2.24) is 9.80 Å². The molecule has 2 aliphatic rings. The van der Waals surface area contributed by atoms with Crippen molar-refractivity contribution in [2.45, 2.75) is 32.6 Å². The molecule has 2 fully saturated rings. The molecular weight excluding hydrogens is 352 g/mol. The Morgan fingerprint density at radius 3 is 2.60 bits per heavy atom. The van der Waals surface area contributed by atoms with Crippen LogP contribution in [0, 0.1) is 6.92 Å². The number of likely N-dealkylation sites (tertiary alicyclic amines) is 1. The number of benzene rings is 1. The standard InChI is InChI=1S/C19H22N2O2S2/c1-14-6-8-15(9-7-14)13-16-18(23)21(19(24)25-16)12-4-5-17(22)20-10-2-3-11-20/h6-9,13H,2-5,10-12H2,1H3/b16-13-. The SMILES string of the molecule is Cc1ccc(/C=C2\SC(=S)N(CCCC(=O)N3CCCC3)C2=O)cc1. The molecule has 2 amide bonds. The summed E-state index contributed by atoms with van der Waals surface area (Å²) in [5.41, 5.74) is 2.18. The smallest absolute Gasteiger partial charge is 0.266 e. The van der Waals surface area contributed by atoms with Crippen LogP contribution in [0.25, 0.3) is 6.08 Å². The van der Waals surface area contributed by atoms with Gasteiger partial charge in [0.1, 0.15) is 4.32 Å². The third-order valence-electron chi connectivity index (χ3n) is 4.48. The summed E-state index contributed by atoms with van der Waals surface area (Å²) in [6.07, 6.45) is 5.22. The lowest BCUT2D eigenvalue weighted by Crippen LogP contribution is -2.31. The van der Waals surface area contributed by atoms with Crippen molar-refractivity contribution in [2.75, 3.05) is 19.6 Å². The van der Waals surface area contributed by atoms with Crippen molar-refractivity contribution in [1.29, 1.82) is 0 Å². The predicted molar refractivity (Wildman–Crippen MR) is 106 cm³/mol. The molecular formula is C19H22N2O2S2. The first-order valence-electron chi connectivity index (χ1n) is 8.64. The number of thiocarbonyl (C=S) groups is 1. The summed E-state index contributed by atoms with van der Waals surface area (Å²) >= 11 is 6.69. The van der Waals surface area contributed by atoms with Crippen LogP contribution in [0.1, 0.15) is 36.8 Å². The van der Waals surface area contributed by atoms with Gasteiger partial charge in [0.05, 0.1) is 4.91 Å². The van der Waals surface area contributed by atoms with Gasteiger partial charge < -0.3 is 4.90 Å². The van der Waals surface area contributed by atoms with Crippen LogP contribution in [0.2, 0.25) is 0 Å². The fraction of sp³-hybridized carbons (Fsp3) is 0.421. The summed E-state index contributed by atoms with van der Waals surface area (Å²) in [7, 11) is 0. The van der Waals surface area contributed by atoms with Gasteiger partial charge in [-0.2, -0.15) is 0 Å².